The number of hydrogen-bond acceptors (Lipinski definition) is 5. The van der Waals surface area contributed by atoms with Crippen LogP contribution in [-0.2, 0) is 9.59 Å². The van der Waals surface area contributed by atoms with Gasteiger partial charge in [0.2, 0.25) is 0 Å². The maximum Gasteiger partial charge on any atom is 0.343 e. The minimum atomic E-state index is -1.21. The van der Waals surface area contributed by atoms with Gasteiger partial charge in [0.1, 0.15) is 5.75 Å². The number of aryl methyl sites for hydroxylation is 2. The molecule has 8 heteroatoms. The third-order valence-corrected chi connectivity index (χ3v) is 5.71. The Kier molecular flexibility index (Phi) is 6.47. The van der Waals surface area contributed by atoms with Crippen LogP contribution in [0.3, 0.4) is 0 Å². The summed E-state index contributed by atoms with van der Waals surface area (Å²) in [7, 11) is 0. The molecule has 1 heterocycles. The van der Waals surface area contributed by atoms with Gasteiger partial charge in [0.15, 0.2) is 11.8 Å². The molecule has 34 heavy (non-hydrogen) atoms. The Hall–Kier alpha value is -3.97. The monoisotopic (exact) mass is 475 g/mol. The summed E-state index contributed by atoms with van der Waals surface area (Å²) in [6.45, 7) is 5.10. The Labute approximate surface area is 201 Å². The van der Waals surface area contributed by atoms with E-state index in [-0.39, 0.29) is 16.3 Å². The van der Waals surface area contributed by atoms with Gasteiger partial charge < -0.3 is 10.1 Å². The molecule has 0 spiro atoms. The van der Waals surface area contributed by atoms with Crippen LogP contribution in [0.4, 0.5) is 5.69 Å². The number of carbonyl (C=O) groups excluding carboxylic acids is 3. The van der Waals surface area contributed by atoms with Crippen molar-refractivity contribution in [1.82, 2.24) is 9.78 Å². The highest BCUT2D eigenvalue weighted by Gasteiger charge is 2.28. The van der Waals surface area contributed by atoms with Gasteiger partial charge in [-0.25, -0.2) is 9.48 Å². The van der Waals surface area contributed by atoms with Crippen LogP contribution in [0.25, 0.3) is 10.9 Å². The highest BCUT2D eigenvalue weighted by Crippen LogP contribution is 2.27. The zero-order chi connectivity index (χ0) is 24.4. The number of esters is 1. The van der Waals surface area contributed by atoms with Crippen LogP contribution in [0, 0.1) is 13.8 Å². The molecule has 1 N–H and O–H groups in total. The molecule has 1 unspecified atom stereocenters. The van der Waals surface area contributed by atoms with Crippen LogP contribution in [0.2, 0.25) is 5.02 Å². The Morgan fingerprint density at radius 1 is 1.03 bits per heavy atom. The van der Waals surface area contributed by atoms with Crippen LogP contribution < -0.4 is 10.1 Å². The van der Waals surface area contributed by atoms with Crippen molar-refractivity contribution in [2.45, 2.75) is 26.8 Å². The molecule has 0 aliphatic carbocycles. The van der Waals surface area contributed by atoms with E-state index in [2.05, 4.69) is 10.4 Å². The molecule has 0 aliphatic heterocycles. The predicted molar refractivity (Wildman–Crippen MR) is 130 cm³/mol. The molecule has 0 bridgehead atoms. The first-order valence-corrected chi connectivity index (χ1v) is 10.9. The van der Waals surface area contributed by atoms with E-state index in [4.69, 9.17) is 16.3 Å². The Balaban J connectivity index is 1.60. The lowest BCUT2D eigenvalue weighted by Gasteiger charge is -2.17. The van der Waals surface area contributed by atoms with Gasteiger partial charge in [-0.05, 0) is 62.7 Å². The molecule has 7 nitrogen and oxygen atoms in total. The van der Waals surface area contributed by atoms with E-state index in [0.29, 0.717) is 11.3 Å². The minimum Gasteiger partial charge on any atom is -0.423 e. The fourth-order valence-corrected chi connectivity index (χ4v) is 3.79. The van der Waals surface area contributed by atoms with Crippen molar-refractivity contribution in [2.75, 3.05) is 5.32 Å². The normalized spacial score (nSPS) is 11.8. The molecular weight excluding hydrogens is 454 g/mol. The number of para-hydroxylation sites is 1. The summed E-state index contributed by atoms with van der Waals surface area (Å²) < 4.78 is 6.86. The molecule has 4 rings (SSSR count). The van der Waals surface area contributed by atoms with E-state index in [0.717, 1.165) is 16.5 Å². The van der Waals surface area contributed by atoms with Gasteiger partial charge >= 0.3 is 5.97 Å². The molecule has 3 aromatic carbocycles. The van der Waals surface area contributed by atoms with Gasteiger partial charge in [-0.3, -0.25) is 9.59 Å². The summed E-state index contributed by atoms with van der Waals surface area (Å²) >= 11 is 6.28. The lowest BCUT2D eigenvalue weighted by Crippen LogP contribution is -2.32. The van der Waals surface area contributed by atoms with Crippen molar-refractivity contribution in [3.8, 4) is 5.75 Å². The Bertz CT molecular complexity index is 1430. The summed E-state index contributed by atoms with van der Waals surface area (Å²) in [6.07, 6.45) is 1.61. The maximum absolute atomic E-state index is 13.2. The molecule has 0 aliphatic rings. The van der Waals surface area contributed by atoms with Gasteiger partial charge in [-0.1, -0.05) is 41.4 Å². The van der Waals surface area contributed by atoms with E-state index < -0.39 is 23.7 Å². The SMILES string of the molecule is CC(=O)C(C(=O)Nc1cc(C(=O)Oc2ccccc2C)ccc1Cl)n1ncc2cc(C)ccc21. The molecule has 0 saturated heterocycles. The first-order valence-electron chi connectivity index (χ1n) is 10.6. The lowest BCUT2D eigenvalue weighted by molar-refractivity contribution is -0.129. The van der Waals surface area contributed by atoms with Crippen molar-refractivity contribution in [1.29, 1.82) is 0 Å². The van der Waals surface area contributed by atoms with Crippen molar-refractivity contribution in [3.05, 3.63) is 88.6 Å². The van der Waals surface area contributed by atoms with E-state index in [1.54, 1.807) is 18.3 Å². The molecule has 0 radical (unpaired) electrons. The fourth-order valence-electron chi connectivity index (χ4n) is 3.63. The number of nitrogens with zero attached hydrogens (tertiary/aromatic N) is 2. The second-order valence-electron chi connectivity index (χ2n) is 8.00. The fraction of sp³-hybridized carbons (Fsp3) is 0.154. The minimum absolute atomic E-state index is 0.185. The number of carbonyl (C=O) groups is 3. The second kappa shape index (κ2) is 9.49. The molecule has 1 amide bonds. The van der Waals surface area contributed by atoms with Crippen LogP contribution in [0.15, 0.2) is 66.9 Å². The van der Waals surface area contributed by atoms with Gasteiger partial charge in [0.05, 0.1) is 28.0 Å². The van der Waals surface area contributed by atoms with E-state index in [9.17, 15) is 14.4 Å². The van der Waals surface area contributed by atoms with Crippen molar-refractivity contribution in [2.24, 2.45) is 0 Å². The van der Waals surface area contributed by atoms with Crippen molar-refractivity contribution < 1.29 is 19.1 Å². The largest absolute Gasteiger partial charge is 0.423 e. The number of fused-ring (bicyclic) bond motifs is 1. The van der Waals surface area contributed by atoms with Gasteiger partial charge in [-0.15, -0.1) is 0 Å². The van der Waals surface area contributed by atoms with E-state index >= 15 is 0 Å². The highest BCUT2D eigenvalue weighted by molar-refractivity contribution is 6.34. The van der Waals surface area contributed by atoms with Crippen LogP contribution in [0.1, 0.15) is 34.5 Å². The van der Waals surface area contributed by atoms with Gasteiger partial charge in [0.25, 0.3) is 5.91 Å². The van der Waals surface area contributed by atoms with E-state index in [1.807, 2.05) is 44.2 Å². The maximum atomic E-state index is 13.2. The zero-order valence-corrected chi connectivity index (χ0v) is 19.6. The topological polar surface area (TPSA) is 90.3 Å². The molecule has 4 aromatic rings. The first-order chi connectivity index (χ1) is 16.2. The summed E-state index contributed by atoms with van der Waals surface area (Å²) in [6, 6.07) is 16.0. The Morgan fingerprint density at radius 3 is 2.53 bits per heavy atom. The third kappa shape index (κ3) is 4.70. The second-order valence-corrected chi connectivity index (χ2v) is 8.41. The molecule has 1 aromatic heterocycles. The number of aromatic nitrogens is 2. The zero-order valence-electron chi connectivity index (χ0n) is 18.8. The van der Waals surface area contributed by atoms with Crippen LogP contribution in [-0.4, -0.2) is 27.4 Å². The number of amides is 1. The van der Waals surface area contributed by atoms with Gasteiger partial charge in [-0.2, -0.15) is 5.10 Å². The molecular formula is C26H22ClN3O4. The number of ether oxygens (including phenoxy) is 1. The van der Waals surface area contributed by atoms with Crippen molar-refractivity contribution in [3.63, 3.8) is 0 Å². The standard InChI is InChI=1S/C26H22ClN3O4/c1-15-8-11-22-19(12-15)14-28-30(22)24(17(3)31)25(32)29-21-13-18(9-10-20(21)27)26(33)34-23-7-5-4-6-16(23)2/h4-14,24H,1-3H3,(H,29,32). The average Bonchev–Trinajstić information content (AvgIpc) is 3.19. The number of ketones is 1. The number of rotatable bonds is 6. The lowest BCUT2D eigenvalue weighted by atomic mass is 10.1. The summed E-state index contributed by atoms with van der Waals surface area (Å²) in [5.41, 5.74) is 2.88. The quantitative estimate of drug-likeness (QED) is 0.232. The van der Waals surface area contributed by atoms with E-state index in [1.165, 1.54) is 29.8 Å². The molecule has 0 fully saturated rings. The highest BCUT2D eigenvalue weighted by atomic mass is 35.5. The summed E-state index contributed by atoms with van der Waals surface area (Å²) in [4.78, 5) is 38.3. The number of anilines is 1. The number of halogens is 1. The number of benzene rings is 3. The summed E-state index contributed by atoms with van der Waals surface area (Å²) in [5, 5.41) is 7.97. The summed E-state index contributed by atoms with van der Waals surface area (Å²) in [5.74, 6) is -1.18. The first kappa shape index (κ1) is 23.2. The Morgan fingerprint density at radius 2 is 1.79 bits per heavy atom. The molecule has 172 valence electrons. The van der Waals surface area contributed by atoms with Crippen LogP contribution >= 0.6 is 11.6 Å². The number of nitrogens with one attached hydrogen (secondary N) is 1. The van der Waals surface area contributed by atoms with Crippen molar-refractivity contribution >= 4 is 45.9 Å². The van der Waals surface area contributed by atoms with Gasteiger partial charge in [0, 0.05) is 5.39 Å². The molecule has 1 atom stereocenters. The number of hydrogen-bond donors (Lipinski definition) is 1. The average molecular weight is 476 g/mol. The molecule has 0 saturated carbocycles. The number of Topliss-reactive ketones (excluding diaryl/α,β-unsaturated/α-hetero) is 1. The smallest absolute Gasteiger partial charge is 0.343 e. The third-order valence-electron chi connectivity index (χ3n) is 5.39. The van der Waals surface area contributed by atoms with Crippen LogP contribution in [0.5, 0.6) is 5.75 Å². The predicted octanol–water partition coefficient (Wildman–Crippen LogP) is 5.29.